The van der Waals surface area contributed by atoms with Crippen molar-refractivity contribution in [1.82, 2.24) is 9.78 Å². The van der Waals surface area contributed by atoms with Crippen LogP contribution in [0.25, 0.3) is 16.8 Å². The van der Waals surface area contributed by atoms with E-state index in [0.717, 1.165) is 22.5 Å². The highest BCUT2D eigenvalue weighted by atomic mass is 15.3. The van der Waals surface area contributed by atoms with Crippen molar-refractivity contribution in [2.24, 2.45) is 0 Å². The summed E-state index contributed by atoms with van der Waals surface area (Å²) in [5, 5.41) is 4.37. The van der Waals surface area contributed by atoms with Crippen LogP contribution in [-0.4, -0.2) is 9.78 Å². The summed E-state index contributed by atoms with van der Waals surface area (Å²) in [7, 11) is 0. The van der Waals surface area contributed by atoms with Gasteiger partial charge in [-0.1, -0.05) is 36.4 Å². The van der Waals surface area contributed by atoms with Gasteiger partial charge in [0.2, 0.25) is 0 Å². The lowest BCUT2D eigenvalue weighted by Crippen LogP contribution is -1.92. The van der Waals surface area contributed by atoms with Gasteiger partial charge in [0, 0.05) is 23.0 Å². The molecule has 0 atom stereocenters. The van der Waals surface area contributed by atoms with Crippen molar-refractivity contribution < 1.29 is 0 Å². The summed E-state index contributed by atoms with van der Waals surface area (Å²) in [5.74, 6) is 0. The first kappa shape index (κ1) is 10.6. The summed E-state index contributed by atoms with van der Waals surface area (Å²) >= 11 is 0. The van der Waals surface area contributed by atoms with E-state index in [1.807, 2.05) is 71.7 Å². The van der Waals surface area contributed by atoms with Crippen LogP contribution < -0.4 is 5.73 Å². The molecule has 0 aliphatic carbocycles. The zero-order valence-electron chi connectivity index (χ0n) is 9.82. The van der Waals surface area contributed by atoms with Crippen molar-refractivity contribution in [2.75, 3.05) is 5.73 Å². The summed E-state index contributed by atoms with van der Waals surface area (Å²) < 4.78 is 1.85. The molecule has 0 saturated carbocycles. The second-order valence-electron chi connectivity index (χ2n) is 4.10. The number of hydrogen-bond donors (Lipinski definition) is 1. The fourth-order valence-corrected chi connectivity index (χ4v) is 1.94. The van der Waals surface area contributed by atoms with Crippen molar-refractivity contribution in [3.05, 3.63) is 67.0 Å². The van der Waals surface area contributed by atoms with Gasteiger partial charge in [0.15, 0.2) is 0 Å². The van der Waals surface area contributed by atoms with Gasteiger partial charge in [-0.25, -0.2) is 4.68 Å². The normalized spacial score (nSPS) is 10.4. The molecule has 0 fully saturated rings. The van der Waals surface area contributed by atoms with Crippen LogP contribution >= 0.6 is 0 Å². The predicted octanol–water partition coefficient (Wildman–Crippen LogP) is 3.12. The van der Waals surface area contributed by atoms with Gasteiger partial charge in [-0.05, 0) is 18.2 Å². The Morgan fingerprint density at radius 1 is 0.889 bits per heavy atom. The van der Waals surface area contributed by atoms with Gasteiger partial charge in [0.1, 0.15) is 0 Å². The summed E-state index contributed by atoms with van der Waals surface area (Å²) in [4.78, 5) is 0. The third-order valence-corrected chi connectivity index (χ3v) is 2.88. The van der Waals surface area contributed by atoms with Crippen LogP contribution in [0.2, 0.25) is 0 Å². The van der Waals surface area contributed by atoms with E-state index in [9.17, 15) is 0 Å². The number of hydrogen-bond acceptors (Lipinski definition) is 2. The highest BCUT2D eigenvalue weighted by Gasteiger charge is 2.05. The molecule has 2 aromatic carbocycles. The Bertz CT molecular complexity index is 656. The molecule has 0 amide bonds. The Kier molecular flexibility index (Phi) is 2.57. The van der Waals surface area contributed by atoms with Gasteiger partial charge < -0.3 is 5.73 Å². The molecule has 0 radical (unpaired) electrons. The summed E-state index contributed by atoms with van der Waals surface area (Å²) in [6, 6.07) is 17.8. The van der Waals surface area contributed by atoms with Crippen molar-refractivity contribution in [2.45, 2.75) is 0 Å². The van der Waals surface area contributed by atoms with Crippen molar-refractivity contribution in [1.29, 1.82) is 0 Å². The number of benzene rings is 2. The van der Waals surface area contributed by atoms with E-state index in [0.29, 0.717) is 0 Å². The largest absolute Gasteiger partial charge is 0.398 e. The molecule has 3 nitrogen and oxygen atoms in total. The number of anilines is 1. The topological polar surface area (TPSA) is 43.8 Å². The summed E-state index contributed by atoms with van der Waals surface area (Å²) in [6.07, 6.45) is 3.82. The molecule has 0 aliphatic rings. The van der Waals surface area contributed by atoms with Crippen LogP contribution in [0.5, 0.6) is 0 Å². The maximum absolute atomic E-state index is 5.96. The SMILES string of the molecule is Nc1ccccc1-c1cnn(-c2ccccc2)c1. The minimum absolute atomic E-state index is 0.769. The van der Waals surface area contributed by atoms with E-state index in [1.165, 1.54) is 0 Å². The molecule has 0 saturated heterocycles. The number of rotatable bonds is 2. The number of nitrogens with zero attached hydrogens (tertiary/aromatic N) is 2. The molecule has 0 unspecified atom stereocenters. The first-order valence-electron chi connectivity index (χ1n) is 5.79. The molecular weight excluding hydrogens is 222 g/mol. The van der Waals surface area contributed by atoms with E-state index in [-0.39, 0.29) is 0 Å². The Morgan fingerprint density at radius 3 is 2.39 bits per heavy atom. The Hall–Kier alpha value is -2.55. The van der Waals surface area contributed by atoms with Gasteiger partial charge in [-0.3, -0.25) is 0 Å². The first-order chi connectivity index (χ1) is 8.84. The summed E-state index contributed by atoms with van der Waals surface area (Å²) in [5.41, 5.74) is 9.81. The van der Waals surface area contributed by atoms with Crippen molar-refractivity contribution >= 4 is 5.69 Å². The fourth-order valence-electron chi connectivity index (χ4n) is 1.94. The molecule has 3 heteroatoms. The quantitative estimate of drug-likeness (QED) is 0.693. The van der Waals surface area contributed by atoms with Crippen molar-refractivity contribution in [3.8, 4) is 16.8 Å². The monoisotopic (exact) mass is 235 g/mol. The third-order valence-electron chi connectivity index (χ3n) is 2.88. The molecular formula is C15H13N3. The number of para-hydroxylation sites is 2. The Labute approximate surface area is 105 Å². The smallest absolute Gasteiger partial charge is 0.0645 e. The van der Waals surface area contributed by atoms with E-state index >= 15 is 0 Å². The van der Waals surface area contributed by atoms with Gasteiger partial charge in [0.05, 0.1) is 11.9 Å². The van der Waals surface area contributed by atoms with Crippen LogP contribution in [0, 0.1) is 0 Å². The fraction of sp³-hybridized carbons (Fsp3) is 0. The second-order valence-corrected chi connectivity index (χ2v) is 4.10. The van der Waals surface area contributed by atoms with Gasteiger partial charge in [0.25, 0.3) is 0 Å². The van der Waals surface area contributed by atoms with Gasteiger partial charge in [-0.15, -0.1) is 0 Å². The van der Waals surface area contributed by atoms with E-state index in [4.69, 9.17) is 5.73 Å². The zero-order chi connectivity index (χ0) is 12.4. The van der Waals surface area contributed by atoms with Crippen LogP contribution in [0.3, 0.4) is 0 Å². The average molecular weight is 235 g/mol. The molecule has 3 aromatic rings. The first-order valence-corrected chi connectivity index (χ1v) is 5.79. The highest BCUT2D eigenvalue weighted by Crippen LogP contribution is 2.25. The van der Waals surface area contributed by atoms with Crippen molar-refractivity contribution in [3.63, 3.8) is 0 Å². The number of aromatic nitrogens is 2. The van der Waals surface area contributed by atoms with Crippen LogP contribution in [0.4, 0.5) is 5.69 Å². The predicted molar refractivity (Wildman–Crippen MR) is 73.4 cm³/mol. The lowest BCUT2D eigenvalue weighted by atomic mass is 10.1. The van der Waals surface area contributed by atoms with E-state index in [2.05, 4.69) is 5.10 Å². The molecule has 18 heavy (non-hydrogen) atoms. The molecule has 1 aromatic heterocycles. The number of nitrogens with two attached hydrogens (primary N) is 1. The van der Waals surface area contributed by atoms with E-state index < -0.39 is 0 Å². The molecule has 1 heterocycles. The maximum atomic E-state index is 5.96. The third kappa shape index (κ3) is 1.86. The van der Waals surface area contributed by atoms with Gasteiger partial charge in [-0.2, -0.15) is 5.10 Å². The number of nitrogen functional groups attached to an aromatic ring is 1. The lowest BCUT2D eigenvalue weighted by Gasteiger charge is -2.02. The van der Waals surface area contributed by atoms with Crippen LogP contribution in [0.15, 0.2) is 67.0 Å². The molecule has 0 bridgehead atoms. The highest BCUT2D eigenvalue weighted by molar-refractivity contribution is 5.75. The molecule has 0 aliphatic heterocycles. The molecule has 3 rings (SSSR count). The summed E-state index contributed by atoms with van der Waals surface area (Å²) in [6.45, 7) is 0. The second kappa shape index (κ2) is 4.37. The lowest BCUT2D eigenvalue weighted by molar-refractivity contribution is 0.881. The standard InChI is InChI=1S/C15H13N3/c16-15-9-5-4-8-14(15)12-10-17-18(11-12)13-6-2-1-3-7-13/h1-11H,16H2. The molecule has 88 valence electrons. The zero-order valence-corrected chi connectivity index (χ0v) is 9.82. The van der Waals surface area contributed by atoms with E-state index in [1.54, 1.807) is 0 Å². The van der Waals surface area contributed by atoms with Gasteiger partial charge >= 0.3 is 0 Å². The molecule has 2 N–H and O–H groups in total. The molecule has 0 spiro atoms. The van der Waals surface area contributed by atoms with Crippen LogP contribution in [-0.2, 0) is 0 Å². The minimum atomic E-state index is 0.769. The van der Waals surface area contributed by atoms with Crippen LogP contribution in [0.1, 0.15) is 0 Å². The Morgan fingerprint density at radius 2 is 1.61 bits per heavy atom. The average Bonchev–Trinajstić information content (AvgIpc) is 2.90. The maximum Gasteiger partial charge on any atom is 0.0645 e. The Balaban J connectivity index is 2.03. The minimum Gasteiger partial charge on any atom is -0.398 e.